The molecule has 0 radical (unpaired) electrons. The molecule has 8 nitrogen and oxygen atoms in total. The van der Waals surface area contributed by atoms with Gasteiger partial charge in [0.1, 0.15) is 0 Å². The van der Waals surface area contributed by atoms with E-state index in [0.717, 1.165) is 0 Å². The van der Waals surface area contributed by atoms with E-state index in [1.54, 1.807) is 0 Å². The van der Waals surface area contributed by atoms with Crippen LogP contribution in [-0.2, 0) is 9.13 Å². The molecule has 1 rings (SSSR count). The molecule has 0 aliphatic carbocycles. The first-order valence-corrected chi connectivity index (χ1v) is 7.72. The fraction of sp³-hybridized carbons (Fsp3) is 0.143. The van der Waals surface area contributed by atoms with Gasteiger partial charge in [-0.3, -0.25) is 9.13 Å². The van der Waals surface area contributed by atoms with Crippen molar-refractivity contribution in [2.24, 2.45) is 0 Å². The number of hydrogen-bond donors (Lipinski definition) is 4. The van der Waals surface area contributed by atoms with Crippen LogP contribution in [0.1, 0.15) is 13.8 Å². The van der Waals surface area contributed by atoms with Crippen molar-refractivity contribution in [1.82, 2.24) is 0 Å². The van der Waals surface area contributed by atoms with Gasteiger partial charge in [0.2, 0.25) is 0 Å². The van der Waals surface area contributed by atoms with Gasteiger partial charge in [-0.2, -0.15) is 0 Å². The Balaban J connectivity index is -0.000000107. The normalized spacial score (nSPS) is 10.5. The average molecular weight is 371 g/mol. The summed E-state index contributed by atoms with van der Waals surface area (Å²) in [5, 5.41) is -1.84. The Kier molecular flexibility index (Phi) is 16.8. The molecule has 0 unspecified atom stereocenters. The summed E-state index contributed by atoms with van der Waals surface area (Å²) in [5.74, 6) is 0. The summed E-state index contributed by atoms with van der Waals surface area (Å²) in [6.45, 7) is 0. The van der Waals surface area contributed by atoms with Crippen LogP contribution in [0.15, 0.2) is 24.3 Å². The van der Waals surface area contributed by atoms with Crippen LogP contribution in [0.25, 0.3) is 0 Å². The maximum Gasteiger partial charge on any atom is 1.00 e. The Labute approximate surface area is 167 Å². The maximum absolute atomic E-state index is 11.0. The largest absolute Gasteiger partial charge is 1.00 e. The van der Waals surface area contributed by atoms with Crippen molar-refractivity contribution in [2.75, 3.05) is 0 Å². The molecular weight excluding hydrogens is 355 g/mol. The minimum absolute atomic E-state index is 0. The van der Waals surface area contributed by atoms with Gasteiger partial charge >= 0.3 is 74.3 Å². The molecule has 0 saturated heterocycles. The first kappa shape index (κ1) is 29.7. The van der Waals surface area contributed by atoms with Crippen LogP contribution >= 0.6 is 26.8 Å². The van der Waals surface area contributed by atoms with E-state index in [1.165, 1.54) is 24.3 Å². The Morgan fingerprint density at radius 1 is 0.900 bits per heavy atom. The number of rotatable bonds is 3. The van der Waals surface area contributed by atoms with Crippen molar-refractivity contribution in [2.45, 2.75) is 5.40 Å². The summed E-state index contributed by atoms with van der Waals surface area (Å²) in [6, 6.07) is 4.95. The Bertz CT molecular complexity index is 460. The van der Waals surface area contributed by atoms with Crippen LogP contribution < -0.4 is 59.1 Å². The summed E-state index contributed by atoms with van der Waals surface area (Å²) in [5.41, 5.74) is -0.147. The first-order valence-electron chi connectivity index (χ1n) is 3.98. The molecule has 0 fully saturated rings. The van der Waals surface area contributed by atoms with E-state index in [0.29, 0.717) is 5.02 Å². The molecular formula is C7H15ClNa2O8P2. The van der Waals surface area contributed by atoms with Crippen LogP contribution in [-0.4, -0.2) is 30.5 Å². The molecule has 0 spiro atoms. The smallest absolute Gasteiger partial charge is 1.00 e. The molecule has 8 N–H and O–H groups in total. The quantitative estimate of drug-likeness (QED) is 0.304. The standard InChI is InChI=1S/C7H9ClO6P2.2Na.2H2O.2H/c8-6-3-1-5(2-4-6)7(15(9,10)11)16(12,13)14;;;;;;/h1-4,7H,(H2,9,10,11)(H2,12,13,14);;;2*1H2;;/q;2*+1;;;2*-1. The minimum atomic E-state index is -4.94. The van der Waals surface area contributed by atoms with Crippen LogP contribution in [0.4, 0.5) is 0 Å². The van der Waals surface area contributed by atoms with Gasteiger partial charge in [-0.1, -0.05) is 23.7 Å². The second kappa shape index (κ2) is 11.3. The van der Waals surface area contributed by atoms with E-state index in [4.69, 9.17) is 31.2 Å². The van der Waals surface area contributed by atoms with Gasteiger partial charge in [-0.05, 0) is 17.7 Å². The van der Waals surface area contributed by atoms with Crippen LogP contribution in [0.2, 0.25) is 5.02 Å². The first-order chi connectivity index (χ1) is 7.12. The number of halogens is 1. The molecule has 110 valence electrons. The fourth-order valence-corrected chi connectivity index (χ4v) is 4.03. The molecule has 1 aromatic rings. The molecule has 0 bridgehead atoms. The van der Waals surface area contributed by atoms with E-state index in [9.17, 15) is 9.13 Å². The van der Waals surface area contributed by atoms with Crippen molar-refractivity contribution in [3.63, 3.8) is 0 Å². The Hall–Kier alpha value is 1.73. The zero-order valence-corrected chi connectivity index (χ0v) is 17.3. The molecule has 0 atom stereocenters. The van der Waals surface area contributed by atoms with Crippen molar-refractivity contribution in [3.05, 3.63) is 34.9 Å². The molecule has 1 aromatic carbocycles. The molecule has 0 saturated carbocycles. The predicted octanol–water partition coefficient (Wildman–Crippen LogP) is -5.72. The average Bonchev–Trinajstić information content (AvgIpc) is 2.03. The third kappa shape index (κ3) is 9.00. The summed E-state index contributed by atoms with van der Waals surface area (Å²) < 4.78 is 22.1. The van der Waals surface area contributed by atoms with Gasteiger partial charge in [0.15, 0.2) is 5.40 Å². The molecule has 0 heterocycles. The van der Waals surface area contributed by atoms with Crippen molar-refractivity contribution in [1.29, 1.82) is 0 Å². The fourth-order valence-electron chi connectivity index (χ4n) is 1.22. The van der Waals surface area contributed by atoms with E-state index >= 15 is 0 Å². The Morgan fingerprint density at radius 2 is 1.20 bits per heavy atom. The second-order valence-electron chi connectivity index (χ2n) is 3.10. The maximum atomic E-state index is 11.0. The molecule has 0 amide bonds. The zero-order valence-electron chi connectivity index (χ0n) is 12.8. The van der Waals surface area contributed by atoms with Gasteiger partial charge in [0.05, 0.1) is 0 Å². The monoisotopic (exact) mass is 370 g/mol. The molecule has 0 aliphatic heterocycles. The molecule has 0 aromatic heterocycles. The van der Waals surface area contributed by atoms with Gasteiger partial charge in [-0.15, -0.1) is 0 Å². The molecule has 13 heteroatoms. The third-order valence-corrected chi connectivity index (χ3v) is 5.73. The van der Waals surface area contributed by atoms with Gasteiger partial charge in [0.25, 0.3) is 0 Å². The van der Waals surface area contributed by atoms with Crippen molar-refractivity contribution in [3.8, 4) is 0 Å². The van der Waals surface area contributed by atoms with Crippen molar-refractivity contribution < 1.29 is 102 Å². The van der Waals surface area contributed by atoms with Crippen molar-refractivity contribution >= 4 is 26.8 Å². The summed E-state index contributed by atoms with van der Waals surface area (Å²) in [7, 11) is -9.88. The van der Waals surface area contributed by atoms with E-state index in [-0.39, 0.29) is 78.5 Å². The van der Waals surface area contributed by atoms with Gasteiger partial charge in [0, 0.05) is 5.02 Å². The molecule has 20 heavy (non-hydrogen) atoms. The van der Waals surface area contributed by atoms with E-state index in [1.807, 2.05) is 0 Å². The van der Waals surface area contributed by atoms with E-state index < -0.39 is 20.6 Å². The minimum Gasteiger partial charge on any atom is -1.00 e. The topological polar surface area (TPSA) is 178 Å². The number of benzene rings is 1. The van der Waals surface area contributed by atoms with Crippen LogP contribution in [0.3, 0.4) is 0 Å². The zero-order chi connectivity index (χ0) is 12.6. The SMILES string of the molecule is O.O.O=P(O)(O)C(c1ccc(Cl)cc1)P(=O)(O)O.[H-].[H-].[Na+].[Na+]. The van der Waals surface area contributed by atoms with Gasteiger partial charge < -0.3 is 33.4 Å². The third-order valence-electron chi connectivity index (χ3n) is 1.81. The van der Waals surface area contributed by atoms with Crippen LogP contribution in [0, 0.1) is 0 Å². The molecule has 0 aliphatic rings. The summed E-state index contributed by atoms with van der Waals surface area (Å²) in [4.78, 5) is 35.7. The van der Waals surface area contributed by atoms with Gasteiger partial charge in [-0.25, -0.2) is 0 Å². The second-order valence-corrected chi connectivity index (χ2v) is 7.34. The van der Waals surface area contributed by atoms with E-state index in [2.05, 4.69) is 0 Å². The Morgan fingerprint density at radius 3 is 1.45 bits per heavy atom. The van der Waals surface area contributed by atoms with Crippen LogP contribution in [0.5, 0.6) is 0 Å². The predicted molar refractivity (Wildman–Crippen MR) is 67.7 cm³/mol. The number of hydrogen-bond acceptors (Lipinski definition) is 2. The summed E-state index contributed by atoms with van der Waals surface area (Å²) >= 11 is 5.56. The summed E-state index contributed by atoms with van der Waals surface area (Å²) in [6.07, 6.45) is 0.